The lowest BCUT2D eigenvalue weighted by Crippen LogP contribution is -2.39. The highest BCUT2D eigenvalue weighted by Gasteiger charge is 2.30. The van der Waals surface area contributed by atoms with Crippen LogP contribution in [0.5, 0.6) is 0 Å². The van der Waals surface area contributed by atoms with E-state index in [9.17, 15) is 9.59 Å². The van der Waals surface area contributed by atoms with Crippen molar-refractivity contribution >= 4 is 11.8 Å². The normalized spacial score (nSPS) is 17.5. The van der Waals surface area contributed by atoms with Crippen LogP contribution < -0.4 is 5.32 Å². The van der Waals surface area contributed by atoms with E-state index in [0.717, 1.165) is 43.6 Å². The lowest BCUT2D eigenvalue weighted by molar-refractivity contribution is -0.121. The second-order valence-electron chi connectivity index (χ2n) is 7.94. The molecule has 148 valence electrons. The summed E-state index contributed by atoms with van der Waals surface area (Å²) in [6.45, 7) is 2.10. The van der Waals surface area contributed by atoms with Crippen molar-refractivity contribution < 1.29 is 9.59 Å². The Labute approximate surface area is 165 Å². The fourth-order valence-corrected chi connectivity index (χ4v) is 3.96. The summed E-state index contributed by atoms with van der Waals surface area (Å²) in [6.07, 6.45) is 11.3. The van der Waals surface area contributed by atoms with Crippen molar-refractivity contribution in [3.05, 3.63) is 54.1 Å². The maximum atomic E-state index is 12.8. The lowest BCUT2D eigenvalue weighted by Gasteiger charge is -2.32. The molecule has 2 aliphatic rings. The smallest absolute Gasteiger partial charge is 0.270 e. The highest BCUT2D eigenvalue weighted by atomic mass is 16.2. The van der Waals surface area contributed by atoms with Crippen molar-refractivity contribution in [2.75, 3.05) is 13.1 Å². The van der Waals surface area contributed by atoms with Gasteiger partial charge in [0.1, 0.15) is 5.69 Å². The lowest BCUT2D eigenvalue weighted by atomic mass is 9.92. The number of likely N-dealkylation sites (tertiary alicyclic amines) is 1. The largest absolute Gasteiger partial charge is 0.352 e. The van der Waals surface area contributed by atoms with E-state index in [1.54, 1.807) is 12.4 Å². The predicted octanol–water partition coefficient (Wildman–Crippen LogP) is 3.17. The van der Waals surface area contributed by atoms with E-state index in [4.69, 9.17) is 0 Å². The summed E-state index contributed by atoms with van der Waals surface area (Å²) in [7, 11) is 0. The predicted molar refractivity (Wildman–Crippen MR) is 107 cm³/mol. The third-order valence-corrected chi connectivity index (χ3v) is 5.83. The average molecular weight is 380 g/mol. The molecule has 1 saturated carbocycles. The van der Waals surface area contributed by atoms with Gasteiger partial charge in [0.05, 0.1) is 0 Å². The van der Waals surface area contributed by atoms with Crippen molar-refractivity contribution in [1.29, 1.82) is 0 Å². The van der Waals surface area contributed by atoms with Crippen LogP contribution in [0.25, 0.3) is 0 Å². The number of nitrogens with one attached hydrogen (secondary N) is 1. The Balaban J connectivity index is 1.18. The second kappa shape index (κ2) is 8.59. The molecule has 1 aliphatic heterocycles. The van der Waals surface area contributed by atoms with Gasteiger partial charge in [0.2, 0.25) is 5.91 Å². The first kappa shape index (κ1) is 18.7. The molecular formula is C22H28N4O2. The summed E-state index contributed by atoms with van der Waals surface area (Å²) in [5.74, 6) is 0.762. The van der Waals surface area contributed by atoms with Gasteiger partial charge in [-0.25, -0.2) is 0 Å². The number of carbonyl (C=O) groups excluding carboxylic acids is 2. The van der Waals surface area contributed by atoms with Crippen molar-refractivity contribution in [1.82, 2.24) is 19.8 Å². The van der Waals surface area contributed by atoms with Crippen LogP contribution >= 0.6 is 0 Å². The van der Waals surface area contributed by atoms with Gasteiger partial charge >= 0.3 is 0 Å². The van der Waals surface area contributed by atoms with Gasteiger partial charge in [-0.3, -0.25) is 14.6 Å². The number of amides is 2. The van der Waals surface area contributed by atoms with E-state index in [0.29, 0.717) is 24.9 Å². The molecule has 1 saturated heterocycles. The van der Waals surface area contributed by atoms with Crippen LogP contribution in [-0.2, 0) is 11.3 Å². The number of pyridine rings is 1. The van der Waals surface area contributed by atoms with Gasteiger partial charge in [0.25, 0.3) is 5.91 Å². The monoisotopic (exact) mass is 380 g/mol. The maximum Gasteiger partial charge on any atom is 0.270 e. The molecule has 28 heavy (non-hydrogen) atoms. The van der Waals surface area contributed by atoms with Gasteiger partial charge < -0.3 is 14.8 Å². The molecular weight excluding hydrogens is 352 g/mol. The van der Waals surface area contributed by atoms with Crippen molar-refractivity contribution in [3.63, 3.8) is 0 Å². The number of carbonyl (C=O) groups is 2. The number of hydrogen-bond acceptors (Lipinski definition) is 3. The Hall–Kier alpha value is -2.63. The van der Waals surface area contributed by atoms with E-state index in [2.05, 4.69) is 14.9 Å². The van der Waals surface area contributed by atoms with E-state index < -0.39 is 0 Å². The summed E-state index contributed by atoms with van der Waals surface area (Å²) in [6, 6.07) is 8.27. The number of aromatic nitrogens is 2. The molecule has 4 rings (SSSR count). The molecule has 6 heteroatoms. The fourth-order valence-electron chi connectivity index (χ4n) is 3.96. The van der Waals surface area contributed by atoms with E-state index in [1.807, 2.05) is 35.4 Å². The molecule has 1 N–H and O–H groups in total. The summed E-state index contributed by atoms with van der Waals surface area (Å²) in [5.41, 5.74) is 1.84. The van der Waals surface area contributed by atoms with Crippen LogP contribution in [0.3, 0.4) is 0 Å². The Bertz CT molecular complexity index is 805. The summed E-state index contributed by atoms with van der Waals surface area (Å²) >= 11 is 0. The standard InChI is InChI=1S/C22H28N4O2/c27-21(24-16-18-3-1-11-23-15-18)8-5-17-9-13-25(14-10-17)22(28)20-4-2-12-26(20)19-6-7-19/h1-4,11-12,15,17,19H,5-10,13-14,16H2,(H,24,27). The van der Waals surface area contributed by atoms with Gasteiger partial charge in [0.15, 0.2) is 0 Å². The number of rotatable bonds is 7. The first-order valence-electron chi connectivity index (χ1n) is 10.3. The van der Waals surface area contributed by atoms with Crippen LogP contribution in [0.4, 0.5) is 0 Å². The number of hydrogen-bond donors (Lipinski definition) is 1. The van der Waals surface area contributed by atoms with Crippen LogP contribution in [0.15, 0.2) is 42.9 Å². The van der Waals surface area contributed by atoms with Gasteiger partial charge in [-0.1, -0.05) is 6.07 Å². The molecule has 0 unspecified atom stereocenters. The molecule has 3 heterocycles. The zero-order chi connectivity index (χ0) is 19.3. The van der Waals surface area contributed by atoms with Gasteiger partial charge in [-0.15, -0.1) is 0 Å². The molecule has 6 nitrogen and oxygen atoms in total. The third kappa shape index (κ3) is 4.61. The van der Waals surface area contributed by atoms with Crippen molar-refractivity contribution in [3.8, 4) is 0 Å². The van der Waals surface area contributed by atoms with Gasteiger partial charge in [-0.05, 0) is 61.8 Å². The summed E-state index contributed by atoms with van der Waals surface area (Å²) in [5, 5.41) is 2.96. The molecule has 2 fully saturated rings. The van der Waals surface area contributed by atoms with Gasteiger partial charge in [0, 0.05) is 50.7 Å². The quantitative estimate of drug-likeness (QED) is 0.802. The maximum absolute atomic E-state index is 12.8. The zero-order valence-electron chi connectivity index (χ0n) is 16.2. The Morgan fingerprint density at radius 1 is 1.11 bits per heavy atom. The average Bonchev–Trinajstić information content (AvgIpc) is 3.47. The van der Waals surface area contributed by atoms with Crippen LogP contribution in [-0.4, -0.2) is 39.4 Å². The Morgan fingerprint density at radius 3 is 2.64 bits per heavy atom. The minimum absolute atomic E-state index is 0.0876. The Kier molecular flexibility index (Phi) is 5.74. The fraction of sp³-hybridized carbons (Fsp3) is 0.500. The molecule has 1 aliphatic carbocycles. The molecule has 2 aromatic heterocycles. The summed E-state index contributed by atoms with van der Waals surface area (Å²) < 4.78 is 2.14. The minimum atomic E-state index is 0.0876. The number of nitrogens with zero attached hydrogens (tertiary/aromatic N) is 3. The van der Waals surface area contributed by atoms with E-state index >= 15 is 0 Å². The van der Waals surface area contributed by atoms with E-state index in [1.165, 1.54) is 12.8 Å². The Morgan fingerprint density at radius 2 is 1.93 bits per heavy atom. The highest BCUT2D eigenvalue weighted by Crippen LogP contribution is 2.36. The molecule has 2 amide bonds. The molecule has 0 aromatic carbocycles. The van der Waals surface area contributed by atoms with E-state index in [-0.39, 0.29) is 11.8 Å². The molecule has 0 atom stereocenters. The van der Waals surface area contributed by atoms with Gasteiger partial charge in [-0.2, -0.15) is 0 Å². The summed E-state index contributed by atoms with van der Waals surface area (Å²) in [4.78, 5) is 31.0. The molecule has 0 radical (unpaired) electrons. The van der Waals surface area contributed by atoms with Crippen LogP contribution in [0.2, 0.25) is 0 Å². The van der Waals surface area contributed by atoms with Crippen LogP contribution in [0, 0.1) is 5.92 Å². The third-order valence-electron chi connectivity index (χ3n) is 5.83. The minimum Gasteiger partial charge on any atom is -0.352 e. The van der Waals surface area contributed by atoms with Crippen molar-refractivity contribution in [2.45, 2.75) is 51.1 Å². The van der Waals surface area contributed by atoms with Crippen LogP contribution in [0.1, 0.15) is 60.6 Å². The highest BCUT2D eigenvalue weighted by molar-refractivity contribution is 5.93. The molecule has 2 aromatic rings. The first-order valence-corrected chi connectivity index (χ1v) is 10.3. The SMILES string of the molecule is O=C(CCC1CCN(C(=O)c2cccn2C2CC2)CC1)NCc1cccnc1. The van der Waals surface area contributed by atoms with Crippen molar-refractivity contribution in [2.24, 2.45) is 5.92 Å². The zero-order valence-corrected chi connectivity index (χ0v) is 16.2. The second-order valence-corrected chi connectivity index (χ2v) is 7.94. The first-order chi connectivity index (χ1) is 13.7. The molecule has 0 bridgehead atoms. The topological polar surface area (TPSA) is 67.2 Å². The number of piperidine rings is 1. The molecule has 0 spiro atoms.